The van der Waals surface area contributed by atoms with Crippen LogP contribution in [0, 0.1) is 0 Å². The van der Waals surface area contributed by atoms with E-state index in [9.17, 15) is 10.2 Å². The Hall–Kier alpha value is -0.120. The molecule has 0 aromatic carbocycles. The molecule has 0 rings (SSSR count). The van der Waals surface area contributed by atoms with Gasteiger partial charge in [0.05, 0.1) is 12.2 Å². The lowest BCUT2D eigenvalue weighted by atomic mass is 10.0. The van der Waals surface area contributed by atoms with Gasteiger partial charge in [-0.1, -0.05) is 123 Å². The van der Waals surface area contributed by atoms with Crippen LogP contribution in [0.1, 0.15) is 136 Å². The van der Waals surface area contributed by atoms with Crippen LogP contribution in [0.5, 0.6) is 0 Å². The monoisotopic (exact) mass is 399 g/mol. The number of rotatable bonds is 23. The molecular formula is C25H53NO2. The maximum atomic E-state index is 10.1. The van der Waals surface area contributed by atoms with Crippen molar-refractivity contribution < 1.29 is 10.2 Å². The van der Waals surface area contributed by atoms with Gasteiger partial charge in [-0.3, -0.25) is 0 Å². The predicted octanol–water partition coefficient (Wildman–Crippen LogP) is 6.75. The summed E-state index contributed by atoms with van der Waals surface area (Å²) in [5.74, 6) is 0. The summed E-state index contributed by atoms with van der Waals surface area (Å²) in [5.41, 5.74) is 0. The first kappa shape index (κ1) is 27.9. The Kier molecular flexibility index (Phi) is 23.1. The van der Waals surface area contributed by atoms with Crippen LogP contribution < -0.4 is 5.32 Å². The van der Waals surface area contributed by atoms with E-state index in [4.69, 9.17) is 0 Å². The highest BCUT2D eigenvalue weighted by Gasteiger charge is 2.07. The lowest BCUT2D eigenvalue weighted by molar-refractivity contribution is 0.132. The molecule has 0 aliphatic rings. The topological polar surface area (TPSA) is 52.5 Å². The van der Waals surface area contributed by atoms with Gasteiger partial charge in [-0.15, -0.1) is 0 Å². The summed E-state index contributed by atoms with van der Waals surface area (Å²) in [7, 11) is 0. The van der Waals surface area contributed by atoms with Crippen LogP contribution in [-0.2, 0) is 0 Å². The van der Waals surface area contributed by atoms with Crippen molar-refractivity contribution in [3.8, 4) is 0 Å². The SMILES string of the molecule is CCCCCCCCCCCC(O)CNCC(O)CCCCCCCCCC. The van der Waals surface area contributed by atoms with Gasteiger partial charge in [-0.05, 0) is 12.8 Å². The highest BCUT2D eigenvalue weighted by Crippen LogP contribution is 2.12. The van der Waals surface area contributed by atoms with Gasteiger partial charge in [0, 0.05) is 13.1 Å². The van der Waals surface area contributed by atoms with E-state index in [1.807, 2.05) is 0 Å². The second-order valence-electron chi connectivity index (χ2n) is 8.85. The molecular weight excluding hydrogens is 346 g/mol. The Balaban J connectivity index is 3.28. The summed E-state index contributed by atoms with van der Waals surface area (Å²) in [6.07, 6.45) is 23.6. The average Bonchev–Trinajstić information content (AvgIpc) is 2.68. The maximum absolute atomic E-state index is 10.1. The summed E-state index contributed by atoms with van der Waals surface area (Å²) < 4.78 is 0. The van der Waals surface area contributed by atoms with E-state index in [2.05, 4.69) is 19.2 Å². The molecule has 0 radical (unpaired) electrons. The molecule has 0 aromatic heterocycles. The summed E-state index contributed by atoms with van der Waals surface area (Å²) >= 11 is 0. The third-order valence-electron chi connectivity index (χ3n) is 5.79. The third-order valence-corrected chi connectivity index (χ3v) is 5.79. The summed E-state index contributed by atoms with van der Waals surface area (Å²) in [4.78, 5) is 0. The zero-order chi connectivity index (χ0) is 20.7. The minimum Gasteiger partial charge on any atom is -0.392 e. The third kappa shape index (κ3) is 22.2. The van der Waals surface area contributed by atoms with Crippen LogP contribution in [0.4, 0.5) is 0 Å². The van der Waals surface area contributed by atoms with Crippen molar-refractivity contribution in [3.63, 3.8) is 0 Å². The van der Waals surface area contributed by atoms with Crippen LogP contribution in [0.3, 0.4) is 0 Å². The van der Waals surface area contributed by atoms with Crippen molar-refractivity contribution in [1.82, 2.24) is 5.32 Å². The molecule has 0 spiro atoms. The number of unbranched alkanes of at least 4 members (excludes halogenated alkanes) is 15. The Morgan fingerprint density at radius 3 is 1.07 bits per heavy atom. The normalized spacial score (nSPS) is 13.7. The standard InChI is InChI=1S/C25H53NO2/c1-3-5-7-9-11-13-15-17-19-21-25(28)23-26-22-24(27)20-18-16-14-12-10-8-6-4-2/h24-28H,3-23H2,1-2H3. The van der Waals surface area contributed by atoms with E-state index in [1.165, 1.54) is 96.3 Å². The molecule has 0 aromatic rings. The number of hydrogen-bond acceptors (Lipinski definition) is 3. The summed E-state index contributed by atoms with van der Waals surface area (Å²) in [6, 6.07) is 0. The maximum Gasteiger partial charge on any atom is 0.0664 e. The van der Waals surface area contributed by atoms with Crippen molar-refractivity contribution >= 4 is 0 Å². The van der Waals surface area contributed by atoms with Crippen molar-refractivity contribution in [2.75, 3.05) is 13.1 Å². The molecule has 0 bridgehead atoms. The molecule has 0 aliphatic carbocycles. The van der Waals surface area contributed by atoms with Gasteiger partial charge in [0.25, 0.3) is 0 Å². The highest BCUT2D eigenvalue weighted by atomic mass is 16.3. The fourth-order valence-corrected chi connectivity index (χ4v) is 3.83. The van der Waals surface area contributed by atoms with Crippen molar-refractivity contribution in [2.24, 2.45) is 0 Å². The lowest BCUT2D eigenvalue weighted by Gasteiger charge is -2.15. The minimum atomic E-state index is -0.264. The Bertz CT molecular complexity index is 286. The second kappa shape index (κ2) is 23.2. The molecule has 2 atom stereocenters. The van der Waals surface area contributed by atoms with Crippen molar-refractivity contribution in [2.45, 2.75) is 148 Å². The fourth-order valence-electron chi connectivity index (χ4n) is 3.83. The predicted molar refractivity (Wildman–Crippen MR) is 124 cm³/mol. The van der Waals surface area contributed by atoms with Crippen LogP contribution in [-0.4, -0.2) is 35.5 Å². The molecule has 2 unspecified atom stereocenters. The van der Waals surface area contributed by atoms with Gasteiger partial charge in [-0.2, -0.15) is 0 Å². The molecule has 0 heterocycles. The number of nitrogens with one attached hydrogen (secondary N) is 1. The van der Waals surface area contributed by atoms with Gasteiger partial charge in [0.1, 0.15) is 0 Å². The molecule has 0 saturated heterocycles. The minimum absolute atomic E-state index is 0.264. The Morgan fingerprint density at radius 1 is 0.464 bits per heavy atom. The van der Waals surface area contributed by atoms with E-state index >= 15 is 0 Å². The quantitative estimate of drug-likeness (QED) is 0.167. The molecule has 3 heteroatoms. The van der Waals surface area contributed by atoms with Gasteiger partial charge < -0.3 is 15.5 Å². The molecule has 3 nitrogen and oxygen atoms in total. The summed E-state index contributed by atoms with van der Waals surface area (Å²) in [6.45, 7) is 5.75. The van der Waals surface area contributed by atoms with Gasteiger partial charge in [0.2, 0.25) is 0 Å². The van der Waals surface area contributed by atoms with Gasteiger partial charge in [-0.25, -0.2) is 0 Å². The molecule has 0 amide bonds. The van der Waals surface area contributed by atoms with Gasteiger partial charge >= 0.3 is 0 Å². The number of aliphatic hydroxyl groups excluding tert-OH is 2. The number of aliphatic hydroxyl groups is 2. The molecule has 0 aliphatic heterocycles. The summed E-state index contributed by atoms with van der Waals surface area (Å²) in [5, 5.41) is 23.3. The molecule has 0 fully saturated rings. The first-order valence-corrected chi connectivity index (χ1v) is 12.8. The van der Waals surface area contributed by atoms with Crippen LogP contribution in [0.15, 0.2) is 0 Å². The highest BCUT2D eigenvalue weighted by molar-refractivity contribution is 4.64. The molecule has 3 N–H and O–H groups in total. The average molecular weight is 400 g/mol. The fraction of sp³-hybridized carbons (Fsp3) is 1.00. The van der Waals surface area contributed by atoms with E-state index in [1.54, 1.807) is 0 Å². The first-order chi connectivity index (χ1) is 13.7. The Morgan fingerprint density at radius 2 is 0.750 bits per heavy atom. The van der Waals surface area contributed by atoms with E-state index in [0.29, 0.717) is 13.1 Å². The number of hydrogen-bond donors (Lipinski definition) is 3. The second-order valence-corrected chi connectivity index (χ2v) is 8.85. The largest absolute Gasteiger partial charge is 0.392 e. The van der Waals surface area contributed by atoms with Crippen molar-refractivity contribution in [3.05, 3.63) is 0 Å². The van der Waals surface area contributed by atoms with Crippen LogP contribution in [0.25, 0.3) is 0 Å². The lowest BCUT2D eigenvalue weighted by Crippen LogP contribution is -2.33. The zero-order valence-corrected chi connectivity index (χ0v) is 19.4. The zero-order valence-electron chi connectivity index (χ0n) is 19.4. The smallest absolute Gasteiger partial charge is 0.0664 e. The van der Waals surface area contributed by atoms with Crippen LogP contribution >= 0.6 is 0 Å². The van der Waals surface area contributed by atoms with E-state index < -0.39 is 0 Å². The van der Waals surface area contributed by atoms with Crippen LogP contribution in [0.2, 0.25) is 0 Å². The van der Waals surface area contributed by atoms with Crippen molar-refractivity contribution in [1.29, 1.82) is 0 Å². The molecule has 0 saturated carbocycles. The Labute approximate surface area is 177 Å². The molecule has 28 heavy (non-hydrogen) atoms. The van der Waals surface area contributed by atoms with E-state index in [-0.39, 0.29) is 12.2 Å². The van der Waals surface area contributed by atoms with E-state index in [0.717, 1.165) is 25.7 Å². The first-order valence-electron chi connectivity index (χ1n) is 12.8. The van der Waals surface area contributed by atoms with Gasteiger partial charge in [0.15, 0.2) is 0 Å². The molecule has 170 valence electrons.